The largest absolute Gasteiger partial charge is 0.372 e. The van der Waals surface area contributed by atoms with Crippen molar-refractivity contribution in [3.05, 3.63) is 35.9 Å². The van der Waals surface area contributed by atoms with E-state index in [4.69, 9.17) is 4.79 Å². The molecule has 4 atom stereocenters. The summed E-state index contributed by atoms with van der Waals surface area (Å²) < 4.78 is 27.1. The van der Waals surface area contributed by atoms with Crippen LogP contribution in [0.2, 0.25) is 0 Å². The Balaban J connectivity index is 0.000000647. The van der Waals surface area contributed by atoms with E-state index in [1.165, 1.54) is 5.56 Å². The number of rotatable bonds is 2. The first-order chi connectivity index (χ1) is 11.2. The van der Waals surface area contributed by atoms with Gasteiger partial charge in [-0.05, 0) is 53.9 Å². The summed E-state index contributed by atoms with van der Waals surface area (Å²) in [7, 11) is 0. The van der Waals surface area contributed by atoms with Crippen LogP contribution < -0.4 is 5.73 Å². The van der Waals surface area contributed by atoms with Crippen LogP contribution in [0.1, 0.15) is 52.0 Å². The number of halogens is 2. The summed E-state index contributed by atoms with van der Waals surface area (Å²) in [5.74, 6) is -0.140. The number of carbonyl (C=O) groups excluding carboxylic acids is 1. The molecule has 1 aromatic carbocycles. The highest BCUT2D eigenvalue weighted by Gasteiger charge is 2.54. The molecule has 2 saturated carbocycles. The molecular weight excluding hydrogens is 308 g/mol. The zero-order valence-corrected chi connectivity index (χ0v) is 14.8. The molecule has 0 spiro atoms. The average molecular weight is 337 g/mol. The van der Waals surface area contributed by atoms with Crippen molar-refractivity contribution in [2.45, 2.75) is 58.3 Å². The number of primary amides is 1. The van der Waals surface area contributed by atoms with Crippen LogP contribution in [0.15, 0.2) is 30.3 Å². The number of fused-ring (bicyclic) bond motifs is 2. The van der Waals surface area contributed by atoms with Crippen LogP contribution in [0.5, 0.6) is 0 Å². The van der Waals surface area contributed by atoms with E-state index in [1.54, 1.807) is 0 Å². The summed E-state index contributed by atoms with van der Waals surface area (Å²) in [6, 6.07) is 10.6. The van der Waals surface area contributed by atoms with E-state index in [-0.39, 0.29) is 29.1 Å². The molecule has 0 aromatic heterocycles. The summed E-state index contributed by atoms with van der Waals surface area (Å²) in [5.41, 5.74) is 5.80. The summed E-state index contributed by atoms with van der Waals surface area (Å²) in [4.78, 5) is 8.58. The molecule has 0 heterocycles. The molecule has 2 bridgehead atoms. The van der Waals surface area contributed by atoms with Gasteiger partial charge in [0.25, 0.3) is 0 Å². The number of hydrogen-bond donors (Lipinski definition) is 1. The quantitative estimate of drug-likeness (QED) is 0.776. The third-order valence-corrected chi connectivity index (χ3v) is 5.88. The van der Waals surface area contributed by atoms with Crippen LogP contribution in [0, 0.1) is 23.2 Å². The molecule has 2 nitrogen and oxygen atoms in total. The number of hydrogen-bond acceptors (Lipinski definition) is 1. The molecule has 4 heteroatoms. The van der Waals surface area contributed by atoms with Crippen LogP contribution in [-0.4, -0.2) is 12.8 Å². The van der Waals surface area contributed by atoms with E-state index in [9.17, 15) is 8.78 Å². The Labute approximate surface area is 143 Å². The summed E-state index contributed by atoms with van der Waals surface area (Å²) in [6.07, 6.45) is 2.00. The second-order valence-electron chi connectivity index (χ2n) is 8.38. The van der Waals surface area contributed by atoms with Crippen LogP contribution in [0.4, 0.5) is 8.78 Å². The van der Waals surface area contributed by atoms with Crippen LogP contribution in [0.3, 0.4) is 0 Å². The van der Waals surface area contributed by atoms with Crippen LogP contribution in [0.25, 0.3) is 0 Å². The number of alkyl halides is 2. The molecule has 3 rings (SSSR count). The van der Waals surface area contributed by atoms with Gasteiger partial charge in [-0.15, -0.1) is 0 Å². The molecule has 2 N–H and O–H groups in total. The Morgan fingerprint density at radius 1 is 1.17 bits per heavy atom. The normalized spacial score (nSPS) is 34.2. The average Bonchev–Trinajstić information content (AvgIpc) is 2.46. The smallest absolute Gasteiger partial charge is 0.241 e. The molecule has 2 aliphatic carbocycles. The van der Waals surface area contributed by atoms with Gasteiger partial charge in [0.15, 0.2) is 0 Å². The van der Waals surface area contributed by atoms with E-state index < -0.39 is 12.3 Å². The molecule has 1 amide bonds. The first kappa shape index (κ1) is 18.9. The molecule has 0 saturated heterocycles. The van der Waals surface area contributed by atoms with E-state index >= 15 is 0 Å². The van der Waals surface area contributed by atoms with Gasteiger partial charge < -0.3 is 5.73 Å². The van der Waals surface area contributed by atoms with Gasteiger partial charge in [-0.2, -0.15) is 0 Å². The fourth-order valence-electron chi connectivity index (χ4n) is 5.57. The van der Waals surface area contributed by atoms with E-state index in [2.05, 4.69) is 43.8 Å². The molecule has 2 fully saturated rings. The Kier molecular flexibility index (Phi) is 5.67. The third kappa shape index (κ3) is 3.79. The maximum absolute atomic E-state index is 13.5. The summed E-state index contributed by atoms with van der Waals surface area (Å²) in [6.45, 7) is 6.56. The zero-order chi connectivity index (χ0) is 18.0. The fourth-order valence-corrected chi connectivity index (χ4v) is 5.57. The predicted octanol–water partition coefficient (Wildman–Crippen LogP) is 4.77. The van der Waals surface area contributed by atoms with Crippen molar-refractivity contribution in [3.63, 3.8) is 0 Å². The highest BCUT2D eigenvalue weighted by molar-refractivity contribution is 5.42. The van der Waals surface area contributed by atoms with Gasteiger partial charge in [-0.25, -0.2) is 8.78 Å². The number of carbonyl (C=O) groups is 1. The van der Waals surface area contributed by atoms with E-state index in [1.807, 2.05) is 13.0 Å². The first-order valence-electron chi connectivity index (χ1n) is 8.74. The molecule has 2 aliphatic rings. The van der Waals surface area contributed by atoms with Crippen molar-refractivity contribution in [1.29, 1.82) is 0 Å². The molecule has 0 aliphatic heterocycles. The minimum absolute atomic E-state index is 0.110. The summed E-state index contributed by atoms with van der Waals surface area (Å²) in [5, 5.41) is 0. The standard InChI is InChI=1S/C19H26F2.CH3NO/c1-13-9-19(15-7-5-4-6-8-15)11-14(16(13)17(20)21)10-18(2,3)12-19;2-1-3/h4-8,13-14,16-17H,9-12H2,1-3H3;1H,(H2,2,3). The second-order valence-corrected chi connectivity index (χ2v) is 8.38. The van der Waals surface area contributed by atoms with Crippen LogP contribution >= 0.6 is 0 Å². The molecule has 1 aromatic rings. The highest BCUT2D eigenvalue weighted by Crippen LogP contribution is 2.60. The monoisotopic (exact) mass is 337 g/mol. The maximum atomic E-state index is 13.5. The lowest BCUT2D eigenvalue weighted by Crippen LogP contribution is -2.51. The Morgan fingerprint density at radius 2 is 1.75 bits per heavy atom. The minimum Gasteiger partial charge on any atom is -0.372 e. The first-order valence-corrected chi connectivity index (χ1v) is 8.74. The van der Waals surface area contributed by atoms with Gasteiger partial charge in [0.1, 0.15) is 0 Å². The minimum atomic E-state index is -2.17. The highest BCUT2D eigenvalue weighted by atomic mass is 19.3. The fraction of sp³-hybridized carbons (Fsp3) is 0.650. The Morgan fingerprint density at radius 3 is 2.29 bits per heavy atom. The Hall–Kier alpha value is -1.45. The number of benzene rings is 1. The Bertz CT molecular complexity index is 542. The number of nitrogens with two attached hydrogens (primary N) is 1. The van der Waals surface area contributed by atoms with Crippen molar-refractivity contribution in [2.24, 2.45) is 28.9 Å². The molecule has 4 unspecified atom stereocenters. The van der Waals surface area contributed by atoms with Gasteiger partial charge in [0.05, 0.1) is 0 Å². The molecule has 24 heavy (non-hydrogen) atoms. The third-order valence-electron chi connectivity index (χ3n) is 5.88. The van der Waals surface area contributed by atoms with Crippen molar-refractivity contribution in [1.82, 2.24) is 0 Å². The summed E-state index contributed by atoms with van der Waals surface area (Å²) >= 11 is 0. The van der Waals surface area contributed by atoms with Gasteiger partial charge >= 0.3 is 0 Å². The van der Waals surface area contributed by atoms with Gasteiger partial charge in [-0.1, -0.05) is 51.1 Å². The van der Waals surface area contributed by atoms with Crippen molar-refractivity contribution < 1.29 is 13.6 Å². The maximum Gasteiger partial charge on any atom is 0.241 e. The van der Waals surface area contributed by atoms with Gasteiger partial charge in [0, 0.05) is 5.92 Å². The van der Waals surface area contributed by atoms with E-state index in [0.717, 1.165) is 25.7 Å². The predicted molar refractivity (Wildman–Crippen MR) is 92.8 cm³/mol. The SMILES string of the molecule is CC1CC2(c3ccccc3)CC(CC(C)(C)C2)C1C(F)F.NC=O. The van der Waals surface area contributed by atoms with Crippen LogP contribution in [-0.2, 0) is 10.2 Å². The lowest BCUT2D eigenvalue weighted by molar-refractivity contribution is -0.106. The molecule has 134 valence electrons. The van der Waals surface area contributed by atoms with E-state index in [0.29, 0.717) is 0 Å². The second kappa shape index (κ2) is 7.20. The molecule has 0 radical (unpaired) electrons. The number of amides is 1. The van der Waals surface area contributed by atoms with Gasteiger partial charge in [0.2, 0.25) is 12.8 Å². The van der Waals surface area contributed by atoms with Crippen molar-refractivity contribution in [2.75, 3.05) is 0 Å². The van der Waals surface area contributed by atoms with Crippen molar-refractivity contribution >= 4 is 6.41 Å². The van der Waals surface area contributed by atoms with Gasteiger partial charge in [-0.3, -0.25) is 4.79 Å². The lowest BCUT2D eigenvalue weighted by atomic mass is 9.48. The zero-order valence-electron chi connectivity index (χ0n) is 14.8. The van der Waals surface area contributed by atoms with Crippen molar-refractivity contribution in [3.8, 4) is 0 Å². The lowest BCUT2D eigenvalue weighted by Gasteiger charge is -2.56. The molecular formula is C20H29F2NO. The topological polar surface area (TPSA) is 43.1 Å².